The predicted octanol–water partition coefficient (Wildman–Crippen LogP) is -0.153. The highest BCUT2D eigenvalue weighted by atomic mass is 16.8. The summed E-state index contributed by atoms with van der Waals surface area (Å²) in [6, 6.07) is 15.8. The Hall–Kier alpha value is -5.72. The van der Waals surface area contributed by atoms with E-state index in [2.05, 4.69) is 10.3 Å². The van der Waals surface area contributed by atoms with E-state index in [4.69, 9.17) is 23.5 Å². The summed E-state index contributed by atoms with van der Waals surface area (Å²) >= 11 is 0. The largest absolute Gasteiger partial charge is 0.549 e. The van der Waals surface area contributed by atoms with Crippen molar-refractivity contribution in [2.45, 2.75) is 56.9 Å². The van der Waals surface area contributed by atoms with E-state index in [0.29, 0.717) is 16.3 Å². The third-order valence-electron chi connectivity index (χ3n) is 9.72. The molecule has 0 spiro atoms. The molecular formula is C40H39N3O13. The maximum atomic E-state index is 13.4. The van der Waals surface area contributed by atoms with Gasteiger partial charge in [-0.15, -0.1) is 0 Å². The third-order valence-corrected chi connectivity index (χ3v) is 9.72. The second-order valence-electron chi connectivity index (χ2n) is 13.8. The van der Waals surface area contributed by atoms with Gasteiger partial charge in [0.05, 0.1) is 22.5 Å². The van der Waals surface area contributed by atoms with Crippen LogP contribution >= 0.6 is 0 Å². The van der Waals surface area contributed by atoms with Crippen LogP contribution in [0.1, 0.15) is 22.7 Å². The lowest BCUT2D eigenvalue weighted by atomic mass is 9.97. The van der Waals surface area contributed by atoms with Crippen LogP contribution in [-0.4, -0.2) is 88.7 Å². The molecule has 9 unspecified atom stereocenters. The number of phenols is 1. The minimum atomic E-state index is -2.28. The molecule has 6 N–H and O–H groups in total. The summed E-state index contributed by atoms with van der Waals surface area (Å²) < 4.78 is 23.0. The molecule has 9 atom stereocenters. The van der Waals surface area contributed by atoms with E-state index in [0.717, 1.165) is 22.3 Å². The number of carbonyl (C=O) groups excluding carboxylic acids is 2. The molecule has 0 radical (unpaired) electrons. The van der Waals surface area contributed by atoms with Crippen molar-refractivity contribution in [3.8, 4) is 22.6 Å². The number of hydroxylamine groups is 2. The highest BCUT2D eigenvalue weighted by Crippen LogP contribution is 2.32. The Bertz CT molecular complexity index is 2280. The van der Waals surface area contributed by atoms with Gasteiger partial charge < -0.3 is 54.3 Å². The number of aromatic hydroxyl groups is 1. The van der Waals surface area contributed by atoms with E-state index < -0.39 is 60.9 Å². The number of quaternary nitrogens is 1. The monoisotopic (exact) mass is 769 g/mol. The minimum absolute atomic E-state index is 0.0336. The number of aliphatic hydroxyl groups is 3. The number of hydrogen-bond donors (Lipinski definition) is 6. The Balaban J connectivity index is 1.21. The molecule has 0 saturated carbocycles. The number of carboxylic acids is 1. The molecule has 56 heavy (non-hydrogen) atoms. The molecule has 0 aliphatic carbocycles. The molecule has 292 valence electrons. The van der Waals surface area contributed by atoms with Crippen molar-refractivity contribution >= 4 is 28.6 Å². The number of phenolic OH excluding ortho intramolecular Hbond substituents is 1. The van der Waals surface area contributed by atoms with Crippen molar-refractivity contribution < 1.29 is 63.7 Å². The highest BCUT2D eigenvalue weighted by Gasteiger charge is 2.54. The topological polar surface area (TPSA) is 234 Å². The van der Waals surface area contributed by atoms with Crippen LogP contribution in [0.25, 0.3) is 22.1 Å². The summed E-state index contributed by atoms with van der Waals surface area (Å²) in [7, 11) is 1.40. The van der Waals surface area contributed by atoms with E-state index in [1.54, 1.807) is 24.5 Å². The van der Waals surface area contributed by atoms with Crippen molar-refractivity contribution in [2.75, 3.05) is 13.6 Å². The first-order valence-electron chi connectivity index (χ1n) is 17.7. The smallest absolute Gasteiger partial charge is 0.318 e. The standard InChI is InChI=1S/C40H39N3O13/c1-19-12-20(2)14-23(13-19)31-30-22(10-11-42-30)17-43(31)56-36-34(47)33(46)35(39(51)55-38(50)27(16-41-3)37(48)49)54-40(36)53-25-8-9-26-29(15-25)52-18-28(32(26)45)21-4-6-24(44)7-5-21/h4-15,17-18,27,31,33-36,39-41,44,46-47,51H,16H2,1-3H3,(H,48,49). The van der Waals surface area contributed by atoms with Crippen molar-refractivity contribution in [3.63, 3.8) is 0 Å². The van der Waals surface area contributed by atoms with Crippen molar-refractivity contribution in [3.05, 3.63) is 118 Å². The van der Waals surface area contributed by atoms with Gasteiger partial charge in [0.1, 0.15) is 53.4 Å². The van der Waals surface area contributed by atoms with Gasteiger partial charge in [0.2, 0.25) is 18.7 Å². The zero-order valence-corrected chi connectivity index (χ0v) is 30.3. The van der Waals surface area contributed by atoms with Gasteiger partial charge >= 0.3 is 5.97 Å². The van der Waals surface area contributed by atoms with Crippen LogP contribution in [0.15, 0.2) is 105 Å². The van der Waals surface area contributed by atoms with Crippen molar-refractivity contribution in [1.29, 1.82) is 0 Å². The average molecular weight is 770 g/mol. The summed E-state index contributed by atoms with van der Waals surface area (Å²) in [6.45, 7) is 3.54. The molecule has 7 rings (SSSR count). The number of allylic oxidation sites excluding steroid dienone is 1. The Labute approximate surface area is 319 Å². The average Bonchev–Trinajstić information content (AvgIpc) is 3.74. The number of carboxylic acid groups (broad SMARTS) is 1. The summed E-state index contributed by atoms with van der Waals surface area (Å²) in [6.07, 6.45) is -4.58. The van der Waals surface area contributed by atoms with Crippen LogP contribution in [0.5, 0.6) is 11.5 Å². The van der Waals surface area contributed by atoms with Crippen molar-refractivity contribution in [1.82, 2.24) is 5.32 Å². The molecule has 3 aliphatic heterocycles. The van der Waals surface area contributed by atoms with Gasteiger partial charge in [0, 0.05) is 24.4 Å². The van der Waals surface area contributed by atoms with Gasteiger partial charge in [-0.3, -0.25) is 14.6 Å². The third kappa shape index (κ3) is 7.59. The molecule has 3 aromatic carbocycles. The summed E-state index contributed by atoms with van der Waals surface area (Å²) in [5.74, 6) is -4.86. The number of aliphatic carboxylic acids is 1. The maximum Gasteiger partial charge on any atom is 0.318 e. The van der Waals surface area contributed by atoms with Crippen LogP contribution in [0, 0.1) is 19.8 Å². The van der Waals surface area contributed by atoms with E-state index in [1.807, 2.05) is 38.1 Å². The summed E-state index contributed by atoms with van der Waals surface area (Å²) in [5.41, 5.74) is 4.86. The number of benzene rings is 3. The number of fused-ring (bicyclic) bond motifs is 2. The van der Waals surface area contributed by atoms with E-state index in [-0.39, 0.29) is 40.0 Å². The van der Waals surface area contributed by atoms with Gasteiger partial charge in [-0.2, -0.15) is 9.90 Å². The zero-order chi connectivity index (χ0) is 39.8. The second-order valence-corrected chi connectivity index (χ2v) is 13.8. The Morgan fingerprint density at radius 2 is 1.77 bits per heavy atom. The molecule has 4 aromatic rings. The molecule has 3 aliphatic rings. The molecular weight excluding hydrogens is 730 g/mol. The molecule has 0 bridgehead atoms. The van der Waals surface area contributed by atoms with Crippen LogP contribution in [0.2, 0.25) is 0 Å². The number of aliphatic imine (C=N–C) groups is 1. The number of aliphatic hydroxyl groups excluding tert-OH is 3. The zero-order valence-electron chi connectivity index (χ0n) is 30.3. The van der Waals surface area contributed by atoms with Crippen LogP contribution in [0.3, 0.4) is 0 Å². The van der Waals surface area contributed by atoms with Gasteiger partial charge in [0.25, 0.3) is 0 Å². The summed E-state index contributed by atoms with van der Waals surface area (Å²) in [4.78, 5) is 48.8. The van der Waals surface area contributed by atoms with Crippen molar-refractivity contribution in [2.24, 2.45) is 10.9 Å². The predicted molar refractivity (Wildman–Crippen MR) is 195 cm³/mol. The number of rotatable bonds is 12. The molecule has 1 aromatic heterocycles. The molecule has 16 nitrogen and oxygen atoms in total. The number of ether oxygens (including phenoxy) is 3. The summed E-state index contributed by atoms with van der Waals surface area (Å²) in [5, 5.41) is 58.2. The fourth-order valence-electron chi connectivity index (χ4n) is 7.06. The molecule has 0 amide bonds. The minimum Gasteiger partial charge on any atom is -0.549 e. The van der Waals surface area contributed by atoms with E-state index in [1.165, 1.54) is 43.6 Å². The first-order valence-corrected chi connectivity index (χ1v) is 17.7. The van der Waals surface area contributed by atoms with Crippen LogP contribution < -0.4 is 25.7 Å². The SMILES string of the molecule is CNCC(C(=O)[O-])C(=O)OC(O)C1OC(Oc2ccc3c(=O)c(-c4ccc(O)cc4)coc3c2)C(O[NH+]2C=C3C=CN=C3C2c2cc(C)cc(C)c2)C(O)C1O. The fourth-order valence-corrected chi connectivity index (χ4v) is 7.06. The van der Waals surface area contributed by atoms with Gasteiger partial charge in [-0.1, -0.05) is 29.3 Å². The Kier molecular flexibility index (Phi) is 10.9. The molecule has 4 heterocycles. The normalized spacial score (nSPS) is 25.3. The lowest BCUT2D eigenvalue weighted by Gasteiger charge is -2.42. The Morgan fingerprint density at radius 1 is 1.04 bits per heavy atom. The quantitative estimate of drug-likeness (QED) is 0.0625. The molecule has 1 fully saturated rings. The van der Waals surface area contributed by atoms with Crippen LogP contribution in [0.4, 0.5) is 0 Å². The first kappa shape index (κ1) is 38.6. The number of esters is 1. The van der Waals surface area contributed by atoms with Gasteiger partial charge in [0.15, 0.2) is 17.6 Å². The lowest BCUT2D eigenvalue weighted by Crippen LogP contribution is -3.07. The number of hydrogen-bond acceptors (Lipinski definition) is 15. The van der Waals surface area contributed by atoms with Gasteiger partial charge in [-0.25, -0.2) is 0 Å². The fraction of sp³-hybridized carbons (Fsp3) is 0.300. The number of nitrogens with one attached hydrogen (secondary N) is 2. The highest BCUT2D eigenvalue weighted by molar-refractivity contribution is 6.08. The molecule has 1 saturated heterocycles. The number of aryl methyl sites for hydroxylation is 2. The van der Waals surface area contributed by atoms with E-state index >= 15 is 0 Å². The second kappa shape index (κ2) is 15.8. The maximum absolute atomic E-state index is 13.4. The first-order chi connectivity index (χ1) is 26.8. The number of nitrogens with zero attached hydrogens (tertiary/aromatic N) is 1. The lowest BCUT2D eigenvalue weighted by molar-refractivity contribution is -1.07. The molecule has 16 heteroatoms. The van der Waals surface area contributed by atoms with Crippen LogP contribution in [-0.2, 0) is 23.9 Å². The van der Waals surface area contributed by atoms with E-state index in [9.17, 15) is 39.9 Å². The van der Waals surface area contributed by atoms with Gasteiger partial charge in [-0.05, 0) is 68.9 Å². The number of carbonyl (C=O) groups is 2. The Morgan fingerprint density at radius 3 is 2.46 bits per heavy atom.